The molecule has 4 unspecified atom stereocenters. The number of hydrogen-bond acceptors (Lipinski definition) is 5. The molecule has 4 atom stereocenters. The van der Waals surface area contributed by atoms with E-state index in [4.69, 9.17) is 4.74 Å². The molecule has 0 bridgehead atoms. The number of imide groups is 1. The van der Waals surface area contributed by atoms with E-state index in [1.165, 1.54) is 4.90 Å². The van der Waals surface area contributed by atoms with E-state index in [-0.39, 0.29) is 24.8 Å². The van der Waals surface area contributed by atoms with Gasteiger partial charge in [-0.15, -0.1) is 0 Å². The van der Waals surface area contributed by atoms with Crippen LogP contribution in [-0.2, 0) is 20.9 Å². The Bertz CT molecular complexity index is 1100. The second kappa shape index (κ2) is 9.43. The number of rotatable bonds is 8. The number of likely N-dealkylation sites (tertiary alicyclic amines) is 1. The van der Waals surface area contributed by atoms with Crippen molar-refractivity contribution in [1.29, 1.82) is 0 Å². The van der Waals surface area contributed by atoms with Crippen LogP contribution < -0.4 is 10.1 Å². The maximum absolute atomic E-state index is 13.6. The van der Waals surface area contributed by atoms with Crippen molar-refractivity contribution in [2.45, 2.75) is 38.4 Å². The topological polar surface area (TPSA) is 95.9 Å². The molecule has 178 valence electrons. The number of ether oxygens (including phenoxy) is 1. The fourth-order valence-corrected chi connectivity index (χ4v) is 5.24. The highest BCUT2D eigenvalue weighted by Crippen LogP contribution is 2.46. The molecule has 0 spiro atoms. The smallest absolute Gasteiger partial charge is 0.324 e. The molecule has 2 amide bonds. The van der Waals surface area contributed by atoms with Crippen LogP contribution in [0.4, 0.5) is 0 Å². The predicted molar refractivity (Wildman–Crippen MR) is 128 cm³/mol. The molecule has 2 aliphatic heterocycles. The van der Waals surface area contributed by atoms with Crippen molar-refractivity contribution in [2.75, 3.05) is 7.11 Å². The number of fused-ring (bicyclic) bond motifs is 1. The molecule has 2 saturated heterocycles. The van der Waals surface area contributed by atoms with E-state index in [0.29, 0.717) is 0 Å². The van der Waals surface area contributed by atoms with Gasteiger partial charge in [0.2, 0.25) is 11.8 Å². The number of nitrogens with zero attached hydrogens (tertiary/aromatic N) is 1. The average Bonchev–Trinajstić information content (AvgIpc) is 3.27. The summed E-state index contributed by atoms with van der Waals surface area (Å²) in [5.41, 5.74) is 0.201. The second-order valence-electron chi connectivity index (χ2n) is 9.43. The molecule has 0 aliphatic carbocycles. The predicted octanol–water partition coefficient (Wildman–Crippen LogP) is 3.35. The van der Waals surface area contributed by atoms with Crippen LogP contribution in [0.3, 0.4) is 0 Å². The molecule has 2 fully saturated rings. The normalized spacial score (nSPS) is 26.5. The first-order valence-electron chi connectivity index (χ1n) is 11.5. The van der Waals surface area contributed by atoms with E-state index in [9.17, 15) is 19.5 Å². The highest BCUT2D eigenvalue weighted by atomic mass is 16.5. The summed E-state index contributed by atoms with van der Waals surface area (Å²) in [6, 6.07) is 16.1. The molecular formula is C27H30N2O5. The number of carboxylic acids is 1. The van der Waals surface area contributed by atoms with Gasteiger partial charge in [-0.1, -0.05) is 68.5 Å². The summed E-state index contributed by atoms with van der Waals surface area (Å²) in [7, 11) is 1.59. The van der Waals surface area contributed by atoms with E-state index in [1.807, 2.05) is 80.6 Å². The van der Waals surface area contributed by atoms with E-state index in [2.05, 4.69) is 5.32 Å². The van der Waals surface area contributed by atoms with Gasteiger partial charge in [-0.25, -0.2) is 0 Å². The molecule has 2 aromatic carbocycles. The third-order valence-corrected chi connectivity index (χ3v) is 6.69. The Morgan fingerprint density at radius 3 is 2.38 bits per heavy atom. The lowest BCUT2D eigenvalue weighted by molar-refractivity contribution is -0.152. The van der Waals surface area contributed by atoms with Crippen LogP contribution in [0.15, 0.2) is 60.7 Å². The summed E-state index contributed by atoms with van der Waals surface area (Å²) in [6.45, 7) is 3.98. The number of benzene rings is 2. The van der Waals surface area contributed by atoms with Gasteiger partial charge in [0.25, 0.3) is 0 Å². The van der Waals surface area contributed by atoms with E-state index in [1.54, 1.807) is 7.11 Å². The summed E-state index contributed by atoms with van der Waals surface area (Å²) < 4.78 is 5.19. The zero-order valence-electron chi connectivity index (χ0n) is 19.6. The molecule has 7 nitrogen and oxygen atoms in total. The molecule has 2 N–H and O–H groups in total. The Kier molecular flexibility index (Phi) is 6.57. The third-order valence-electron chi connectivity index (χ3n) is 6.69. The van der Waals surface area contributed by atoms with Crippen molar-refractivity contribution in [3.8, 4) is 5.75 Å². The third kappa shape index (κ3) is 4.23. The number of amides is 2. The van der Waals surface area contributed by atoms with Crippen LogP contribution >= 0.6 is 0 Å². The first-order valence-corrected chi connectivity index (χ1v) is 11.5. The minimum absolute atomic E-state index is 0.0136. The quantitative estimate of drug-likeness (QED) is 0.584. The van der Waals surface area contributed by atoms with E-state index >= 15 is 0 Å². The lowest BCUT2D eigenvalue weighted by atomic mass is 9.75. The fraction of sp³-hybridized carbons (Fsp3) is 0.370. The Morgan fingerprint density at radius 2 is 1.79 bits per heavy atom. The molecule has 0 radical (unpaired) electrons. The van der Waals surface area contributed by atoms with Gasteiger partial charge in [0.1, 0.15) is 11.3 Å². The number of methoxy groups -OCH3 is 1. The van der Waals surface area contributed by atoms with Gasteiger partial charge in [0.15, 0.2) is 0 Å². The Hall–Kier alpha value is -3.45. The van der Waals surface area contributed by atoms with Crippen LogP contribution in [0.2, 0.25) is 0 Å². The van der Waals surface area contributed by atoms with Crippen LogP contribution in [0, 0.1) is 17.8 Å². The summed E-state index contributed by atoms with van der Waals surface area (Å²) >= 11 is 0. The summed E-state index contributed by atoms with van der Waals surface area (Å²) in [6.07, 6.45) is 3.90. The molecule has 2 aliphatic rings. The van der Waals surface area contributed by atoms with Gasteiger partial charge in [-0.3, -0.25) is 24.6 Å². The number of carboxylic acid groups (broad SMARTS) is 1. The molecule has 4 rings (SSSR count). The number of carbonyl (C=O) groups is 3. The number of nitrogens with one attached hydrogen (secondary N) is 1. The van der Waals surface area contributed by atoms with E-state index < -0.39 is 35.3 Å². The number of hydrogen-bond donors (Lipinski definition) is 2. The Labute approximate surface area is 199 Å². The second-order valence-corrected chi connectivity index (χ2v) is 9.43. The molecule has 0 aromatic heterocycles. The maximum atomic E-state index is 13.6. The standard InChI is InChI=1S/C27H30N2O5/c1-17(2)15-27(26(32)33)23-22(21(28-27)14-11-18-9-12-20(34-3)13-10-18)24(30)29(25(23)31)16-19-7-5-4-6-8-19/h4-14,17,21-23,28H,15-16H2,1-3H3,(H,32,33)/b14-11-. The minimum Gasteiger partial charge on any atom is -0.497 e. The SMILES string of the molecule is COc1ccc(/C=C\C2NC(CC(C)C)(C(=O)O)C3C(=O)N(Cc4ccccc4)C(=O)C23)cc1. The van der Waals surface area contributed by atoms with Gasteiger partial charge in [-0.2, -0.15) is 0 Å². The fourth-order valence-electron chi connectivity index (χ4n) is 5.24. The monoisotopic (exact) mass is 462 g/mol. The molecule has 34 heavy (non-hydrogen) atoms. The van der Waals surface area contributed by atoms with Crippen molar-refractivity contribution in [3.63, 3.8) is 0 Å². The van der Waals surface area contributed by atoms with Crippen LogP contribution in [0.25, 0.3) is 6.08 Å². The molecule has 2 aromatic rings. The largest absolute Gasteiger partial charge is 0.497 e. The number of aliphatic carboxylic acids is 1. The van der Waals surface area contributed by atoms with Crippen molar-refractivity contribution in [1.82, 2.24) is 10.2 Å². The van der Waals surface area contributed by atoms with Crippen LogP contribution in [0.1, 0.15) is 31.4 Å². The minimum atomic E-state index is -1.51. The molecule has 7 heteroatoms. The van der Waals surface area contributed by atoms with Gasteiger partial charge < -0.3 is 9.84 Å². The first-order chi connectivity index (χ1) is 16.3. The zero-order chi connectivity index (χ0) is 24.5. The molecular weight excluding hydrogens is 432 g/mol. The van der Waals surface area contributed by atoms with Crippen LogP contribution in [-0.4, -0.2) is 46.5 Å². The summed E-state index contributed by atoms with van der Waals surface area (Å²) in [5, 5.41) is 13.5. The summed E-state index contributed by atoms with van der Waals surface area (Å²) in [5.74, 6) is -2.85. The van der Waals surface area contributed by atoms with Crippen molar-refractivity contribution in [2.24, 2.45) is 17.8 Å². The van der Waals surface area contributed by atoms with Crippen molar-refractivity contribution in [3.05, 3.63) is 71.8 Å². The maximum Gasteiger partial charge on any atom is 0.324 e. The lowest BCUT2D eigenvalue weighted by Crippen LogP contribution is -2.57. The molecule has 0 saturated carbocycles. The van der Waals surface area contributed by atoms with Gasteiger partial charge in [-0.05, 0) is 35.6 Å². The Balaban J connectivity index is 1.70. The number of carbonyl (C=O) groups excluding carboxylic acids is 2. The van der Waals surface area contributed by atoms with Crippen molar-refractivity contribution >= 4 is 23.9 Å². The van der Waals surface area contributed by atoms with Gasteiger partial charge >= 0.3 is 5.97 Å². The first kappa shape index (κ1) is 23.7. The van der Waals surface area contributed by atoms with Crippen LogP contribution in [0.5, 0.6) is 5.75 Å². The Morgan fingerprint density at radius 1 is 1.12 bits per heavy atom. The molecule has 2 heterocycles. The highest BCUT2D eigenvalue weighted by molar-refractivity contribution is 6.09. The van der Waals surface area contributed by atoms with E-state index in [0.717, 1.165) is 16.9 Å². The zero-order valence-corrected chi connectivity index (χ0v) is 19.6. The van der Waals surface area contributed by atoms with Gasteiger partial charge in [0, 0.05) is 6.04 Å². The van der Waals surface area contributed by atoms with Gasteiger partial charge in [0.05, 0.1) is 25.5 Å². The highest BCUT2D eigenvalue weighted by Gasteiger charge is 2.67. The summed E-state index contributed by atoms with van der Waals surface area (Å²) in [4.78, 5) is 40.9. The average molecular weight is 463 g/mol. The lowest BCUT2D eigenvalue weighted by Gasteiger charge is -2.32. The van der Waals surface area contributed by atoms with Crippen molar-refractivity contribution < 1.29 is 24.2 Å².